The van der Waals surface area contributed by atoms with E-state index in [-0.39, 0.29) is 5.91 Å². The summed E-state index contributed by atoms with van der Waals surface area (Å²) in [5.41, 5.74) is 2.93. The number of hydrogen-bond donors (Lipinski definition) is 0. The van der Waals surface area contributed by atoms with E-state index in [1.807, 2.05) is 41.3 Å². The van der Waals surface area contributed by atoms with Crippen LogP contribution in [-0.2, 0) is 6.42 Å². The highest BCUT2D eigenvalue weighted by Crippen LogP contribution is 2.19. The van der Waals surface area contributed by atoms with E-state index >= 15 is 0 Å². The van der Waals surface area contributed by atoms with Crippen molar-refractivity contribution in [2.24, 2.45) is 0 Å². The maximum absolute atomic E-state index is 12.9. The van der Waals surface area contributed by atoms with Gasteiger partial charge in [0.2, 0.25) is 0 Å². The van der Waals surface area contributed by atoms with Gasteiger partial charge < -0.3 is 14.5 Å². The molecule has 0 unspecified atom stereocenters. The number of likely N-dealkylation sites (N-methyl/N-ethyl adjacent to an activating group) is 1. The second-order valence-corrected chi connectivity index (χ2v) is 7.99. The molecular weight excluding hydrogens is 390 g/mol. The molecule has 0 bridgehead atoms. The van der Waals surface area contributed by atoms with Crippen LogP contribution in [0.3, 0.4) is 0 Å². The van der Waals surface area contributed by atoms with Gasteiger partial charge in [-0.3, -0.25) is 4.79 Å². The number of methoxy groups -OCH3 is 1. The maximum Gasteiger partial charge on any atom is 0.253 e. The first kappa shape index (κ1) is 21.1. The van der Waals surface area contributed by atoms with Crippen molar-refractivity contribution in [1.82, 2.24) is 24.6 Å². The third-order valence-electron chi connectivity index (χ3n) is 6.08. The molecular formula is C24H29N5O2. The molecule has 3 aromatic rings. The average molecular weight is 420 g/mol. The Hall–Kier alpha value is -3.19. The van der Waals surface area contributed by atoms with Crippen molar-refractivity contribution in [1.29, 1.82) is 0 Å². The lowest BCUT2D eigenvalue weighted by molar-refractivity contribution is 0.0647. The molecule has 1 fully saturated rings. The fourth-order valence-electron chi connectivity index (χ4n) is 4.07. The van der Waals surface area contributed by atoms with Gasteiger partial charge in [0.15, 0.2) is 0 Å². The largest absolute Gasteiger partial charge is 0.497 e. The Morgan fingerprint density at radius 1 is 1.10 bits per heavy atom. The third kappa shape index (κ3) is 5.11. The van der Waals surface area contributed by atoms with Crippen LogP contribution in [0, 0.1) is 0 Å². The summed E-state index contributed by atoms with van der Waals surface area (Å²) in [7, 11) is 3.88. The van der Waals surface area contributed by atoms with E-state index in [9.17, 15) is 4.79 Å². The van der Waals surface area contributed by atoms with E-state index in [0.29, 0.717) is 6.04 Å². The number of likely N-dealkylation sites (tertiary alicyclic amines) is 1. The van der Waals surface area contributed by atoms with Crippen LogP contribution >= 0.6 is 0 Å². The van der Waals surface area contributed by atoms with Crippen molar-refractivity contribution in [3.05, 3.63) is 72.3 Å². The first-order valence-electron chi connectivity index (χ1n) is 10.7. The first-order chi connectivity index (χ1) is 15.1. The Bertz CT molecular complexity index is 962. The number of aromatic nitrogens is 3. The molecule has 1 saturated heterocycles. The van der Waals surface area contributed by atoms with Crippen molar-refractivity contribution in [2.75, 3.05) is 33.8 Å². The topological polar surface area (TPSA) is 63.5 Å². The highest BCUT2D eigenvalue weighted by molar-refractivity contribution is 5.94. The highest BCUT2D eigenvalue weighted by Gasteiger charge is 2.25. The number of hydrogen-bond acceptors (Lipinski definition) is 5. The summed E-state index contributed by atoms with van der Waals surface area (Å²) in [5, 5.41) is 4.12. The van der Waals surface area contributed by atoms with E-state index in [2.05, 4.69) is 34.2 Å². The Balaban J connectivity index is 1.26. The molecule has 2 aromatic carbocycles. The number of ether oxygens (including phenoxy) is 1. The molecule has 1 aliphatic heterocycles. The zero-order chi connectivity index (χ0) is 21.6. The number of benzene rings is 2. The summed E-state index contributed by atoms with van der Waals surface area (Å²) in [5.74, 6) is 0.992. The smallest absolute Gasteiger partial charge is 0.253 e. The van der Waals surface area contributed by atoms with Crippen LogP contribution in [0.2, 0.25) is 0 Å². The predicted molar refractivity (Wildman–Crippen MR) is 120 cm³/mol. The molecule has 162 valence electrons. The Morgan fingerprint density at radius 3 is 2.42 bits per heavy atom. The van der Waals surface area contributed by atoms with Gasteiger partial charge in [0, 0.05) is 31.2 Å². The number of carbonyl (C=O) groups is 1. The van der Waals surface area contributed by atoms with Gasteiger partial charge in [0.1, 0.15) is 18.4 Å². The summed E-state index contributed by atoms with van der Waals surface area (Å²) in [6.07, 6.45) is 6.16. The van der Waals surface area contributed by atoms with Crippen LogP contribution in [0.4, 0.5) is 0 Å². The second-order valence-electron chi connectivity index (χ2n) is 7.99. The molecule has 0 spiro atoms. The second kappa shape index (κ2) is 9.75. The van der Waals surface area contributed by atoms with E-state index < -0.39 is 0 Å². The Morgan fingerprint density at radius 2 is 1.81 bits per heavy atom. The van der Waals surface area contributed by atoms with E-state index in [4.69, 9.17) is 4.74 Å². The normalized spacial score (nSPS) is 14.7. The van der Waals surface area contributed by atoms with Gasteiger partial charge >= 0.3 is 0 Å². The number of amides is 1. The van der Waals surface area contributed by atoms with Crippen molar-refractivity contribution in [2.45, 2.75) is 25.3 Å². The van der Waals surface area contributed by atoms with Gasteiger partial charge in [-0.1, -0.05) is 12.1 Å². The van der Waals surface area contributed by atoms with Gasteiger partial charge in [0.05, 0.1) is 12.8 Å². The summed E-state index contributed by atoms with van der Waals surface area (Å²) in [6.45, 7) is 2.59. The van der Waals surface area contributed by atoms with Gasteiger partial charge in [0.25, 0.3) is 5.91 Å². The Labute approximate surface area is 183 Å². The number of piperidine rings is 1. The highest BCUT2D eigenvalue weighted by atomic mass is 16.5. The summed E-state index contributed by atoms with van der Waals surface area (Å²) in [6, 6.07) is 16.3. The van der Waals surface area contributed by atoms with Crippen LogP contribution in [-0.4, -0.2) is 70.3 Å². The van der Waals surface area contributed by atoms with Gasteiger partial charge in [-0.05, 0) is 68.3 Å². The monoisotopic (exact) mass is 419 g/mol. The van der Waals surface area contributed by atoms with Crippen molar-refractivity contribution >= 4 is 5.91 Å². The molecule has 1 amide bonds. The summed E-state index contributed by atoms with van der Waals surface area (Å²) < 4.78 is 6.91. The molecule has 7 nitrogen and oxygen atoms in total. The molecule has 2 heterocycles. The molecule has 0 saturated carbocycles. The zero-order valence-corrected chi connectivity index (χ0v) is 18.1. The molecule has 0 atom stereocenters. The molecule has 0 radical (unpaired) electrons. The van der Waals surface area contributed by atoms with Crippen LogP contribution in [0.5, 0.6) is 5.75 Å². The van der Waals surface area contributed by atoms with Crippen LogP contribution in [0.1, 0.15) is 28.8 Å². The predicted octanol–water partition coefficient (Wildman–Crippen LogP) is 3.06. The first-order valence-corrected chi connectivity index (χ1v) is 10.7. The minimum atomic E-state index is 0.101. The number of rotatable bonds is 7. The van der Waals surface area contributed by atoms with E-state index in [0.717, 1.165) is 55.9 Å². The fraction of sp³-hybridized carbons (Fsp3) is 0.375. The molecule has 7 heteroatoms. The van der Waals surface area contributed by atoms with Gasteiger partial charge in [-0.25, -0.2) is 9.67 Å². The van der Waals surface area contributed by atoms with E-state index in [1.165, 1.54) is 11.9 Å². The van der Waals surface area contributed by atoms with Crippen molar-refractivity contribution < 1.29 is 9.53 Å². The van der Waals surface area contributed by atoms with Crippen LogP contribution in [0.15, 0.2) is 61.2 Å². The molecule has 0 N–H and O–H groups in total. The number of carbonyl (C=O) groups excluding carboxylic acids is 1. The van der Waals surface area contributed by atoms with E-state index in [1.54, 1.807) is 18.1 Å². The quantitative estimate of drug-likeness (QED) is 0.589. The average Bonchev–Trinajstić information content (AvgIpc) is 3.38. The molecule has 1 aromatic heterocycles. The standard InChI is InChI=1S/C24H29N5O2/c1-27(14-11-19-3-9-23(31-2)10-4-19)21-12-15-28(16-13-21)24(30)20-5-7-22(8-6-20)29-18-25-17-26-29/h3-10,17-18,21H,11-16H2,1-2H3. The lowest BCUT2D eigenvalue weighted by Gasteiger charge is -2.37. The minimum absolute atomic E-state index is 0.101. The van der Waals surface area contributed by atoms with Gasteiger partial charge in [-0.15, -0.1) is 0 Å². The minimum Gasteiger partial charge on any atom is -0.497 e. The molecule has 0 aliphatic carbocycles. The SMILES string of the molecule is COc1ccc(CCN(C)C2CCN(C(=O)c3ccc(-n4cncn4)cc3)CC2)cc1. The maximum atomic E-state index is 12.9. The van der Waals surface area contributed by atoms with Crippen molar-refractivity contribution in [3.8, 4) is 11.4 Å². The molecule has 4 rings (SSSR count). The van der Waals surface area contributed by atoms with Crippen LogP contribution < -0.4 is 4.74 Å². The summed E-state index contributed by atoms with van der Waals surface area (Å²) in [4.78, 5) is 21.3. The lowest BCUT2D eigenvalue weighted by atomic mass is 10.0. The third-order valence-corrected chi connectivity index (χ3v) is 6.08. The number of nitrogens with zero attached hydrogens (tertiary/aromatic N) is 5. The Kier molecular flexibility index (Phi) is 6.62. The molecule has 31 heavy (non-hydrogen) atoms. The zero-order valence-electron chi connectivity index (χ0n) is 18.1. The lowest BCUT2D eigenvalue weighted by Crippen LogP contribution is -2.46. The van der Waals surface area contributed by atoms with Crippen LogP contribution in [0.25, 0.3) is 5.69 Å². The summed E-state index contributed by atoms with van der Waals surface area (Å²) >= 11 is 0. The van der Waals surface area contributed by atoms with Crippen molar-refractivity contribution in [3.63, 3.8) is 0 Å². The molecule has 1 aliphatic rings. The van der Waals surface area contributed by atoms with Gasteiger partial charge in [-0.2, -0.15) is 5.10 Å². The fourth-order valence-corrected chi connectivity index (χ4v) is 4.07.